The molecule has 6 bridgehead atoms. The van der Waals surface area contributed by atoms with Crippen molar-refractivity contribution in [3.05, 3.63) is 383 Å². The summed E-state index contributed by atoms with van der Waals surface area (Å²) in [5.41, 5.74) is 12.1. The molecule has 18 heteroatoms. The van der Waals surface area contributed by atoms with Crippen LogP contribution in [0.1, 0.15) is 157 Å². The van der Waals surface area contributed by atoms with Crippen LogP contribution in [0, 0.1) is 91.9 Å². The van der Waals surface area contributed by atoms with E-state index in [4.69, 9.17) is 44.7 Å². The largest absolute Gasteiger partial charge is 0.519 e. The summed E-state index contributed by atoms with van der Waals surface area (Å²) in [4.78, 5) is 26.7. The molecule has 12 atom stereocenters. The molecule has 141 heavy (non-hydrogen) atoms. The van der Waals surface area contributed by atoms with Crippen molar-refractivity contribution in [2.75, 3.05) is 29.4 Å². The van der Waals surface area contributed by atoms with Crippen LogP contribution < -0.4 is 43.6 Å². The summed E-state index contributed by atoms with van der Waals surface area (Å²) in [6.07, 6.45) is 15.2. The van der Waals surface area contributed by atoms with Gasteiger partial charge in [0.25, 0.3) is 0 Å². The Morgan fingerprint density at radius 2 is 0.603 bits per heavy atom. The number of para-hydroxylation sites is 6. The zero-order valence-corrected chi connectivity index (χ0v) is 86.2. The Labute approximate surface area is 891 Å². The van der Waals surface area contributed by atoms with E-state index in [2.05, 4.69) is 223 Å². The molecule has 15 nitrogen and oxygen atoms in total. The second-order valence-corrected chi connectivity index (χ2v) is 41.4. The number of hydrogen-bond acceptors (Lipinski definition) is 12. The molecular weight excluding hydrogens is 2280 g/mol. The number of ether oxygens (including phenoxy) is 3. The molecule has 3 aliphatic heterocycles. The standard InChI is InChI=1S/C45H45N4O.C41H37N4O.C37H29N4O.3Pt/c1-44(2,3)31-20-21-46-41(25-31)49-39-15-11-10-14-37(39)38-19-18-35(27-40(38)49)50-36-24-32(45(4,5)6)23-34(26-36)48-28-47(33-12-8-7-9-13-33)42-29-16-17-30(22-29)43(42)48;1-41(2,3)29-20-21-42-38(23-29)45-36-15-8-7-14-34(36)35-19-18-33(25-37(35)45)46-32-13-9-12-31(24-32)44-26-43(30-10-5-4-6-11-30)39-27-16-17-28(22-27)40(39)44;1-2-9-27(10-3-1)39-24-40(37-26-17-16-25(21-26)36(37)39)28-11-8-12-29(22-28)42-30-18-19-32-31-13-4-5-14-33(31)41(34(32)23-30)35-15-6-7-20-38-35;;;/h7-15,18-21,23-25,28-30,42-43H,16-17,22H2,1-6H3;4-15,18-21,23,26-28,39-40H,16-17,22H2,1-3H3;1-15,18-20,24-26,36-37H,16-17,21H2;;;/q3*-3;;;/t29?,30-,42?,43+;27?,28-,39?,40+;25?,26-,36?,37+;;;/m111.../s1/i7D,8D,9D,12D,13D;4D,5D,6D,10D,11D;1D,2D,3D,9D,10D;;;. The molecule has 6 unspecified atom stereocenters. The molecule has 9 fully saturated rings. The summed E-state index contributed by atoms with van der Waals surface area (Å²) < 4.78 is 153. The summed E-state index contributed by atoms with van der Waals surface area (Å²) in [5.74, 6) is 8.16. The van der Waals surface area contributed by atoms with Gasteiger partial charge in [0.2, 0.25) is 0 Å². The molecule has 0 spiro atoms. The van der Waals surface area contributed by atoms with Crippen molar-refractivity contribution in [3.8, 4) is 52.0 Å². The number of aromatic nitrogens is 6. The molecule has 720 valence electrons. The number of rotatable bonds is 15. The predicted octanol–water partition coefficient (Wildman–Crippen LogP) is 28.4. The van der Waals surface area contributed by atoms with Crippen molar-refractivity contribution >= 4 is 99.5 Å². The Hall–Kier alpha value is -12.2. The minimum absolute atomic E-state index is 0. The summed E-state index contributed by atoms with van der Waals surface area (Å²) in [6.45, 7) is 25.6. The van der Waals surface area contributed by atoms with Gasteiger partial charge >= 0.3 is 0 Å². The van der Waals surface area contributed by atoms with E-state index in [0.717, 1.165) is 163 Å². The topological polar surface area (TPSA) is 101 Å². The van der Waals surface area contributed by atoms with E-state index in [1.807, 2.05) is 156 Å². The van der Waals surface area contributed by atoms with Gasteiger partial charge in [-0.3, -0.25) is 0 Å². The van der Waals surface area contributed by atoms with Gasteiger partial charge in [-0.1, -0.05) is 194 Å². The van der Waals surface area contributed by atoms with Crippen LogP contribution in [0.15, 0.2) is 309 Å². The van der Waals surface area contributed by atoms with E-state index >= 15 is 0 Å². The van der Waals surface area contributed by atoms with E-state index in [1.54, 1.807) is 6.20 Å². The summed E-state index contributed by atoms with van der Waals surface area (Å²) >= 11 is 0. The molecule has 18 aromatic rings. The zero-order chi connectivity index (χ0) is 106. The molecule has 6 aliphatic carbocycles. The van der Waals surface area contributed by atoms with Gasteiger partial charge in [-0.05, 0) is 228 Å². The van der Waals surface area contributed by atoms with E-state index in [-0.39, 0.29) is 223 Å². The first kappa shape index (κ1) is 77.4. The Kier molecular flexibility index (Phi) is 20.6. The molecule has 0 radical (unpaired) electrons. The van der Waals surface area contributed by atoms with Crippen LogP contribution in [0.25, 0.3) is 82.9 Å². The zero-order valence-electron chi connectivity index (χ0n) is 94.3. The first-order chi connectivity index (χ1) is 73.5. The molecule has 0 amide bonds. The maximum atomic E-state index is 8.84. The minimum atomic E-state index is -0.377. The smallest absolute Gasteiger partial charge is 0.135 e. The number of anilines is 6. The fourth-order valence-electron chi connectivity index (χ4n) is 24.1. The van der Waals surface area contributed by atoms with Crippen molar-refractivity contribution in [1.82, 2.24) is 28.7 Å². The molecule has 3 saturated heterocycles. The SMILES string of the molecule is [2H]c1c([2H])c([2H])c(N2[CH-]N(c3[c-]c(Oc4[c-]c5c(cc4)c4ccccc4n5-c4cc(C(C)(C)C)ccn4)cc(C(C)(C)C)c3)[C@@H]3C2C2CC[C@@H]3C2)c([2H])c1[2H].[2H]c1c([2H])c([2H])c(N2[CH-]N(c3[c-]c(Oc4[c-]c5c(cc4)c4ccccc4n5-c4cc(C(C)(C)C)ccn4)ccc3)[C@@H]3C2C2CC[C@@H]3C2)c([2H])c1[2H].[2H]c1c([2H])c([2H])c(N2[CH-]N(c3[c-]c(Oc4[c-]c5c(cc4)c4ccccc4n5-c4ccccn4)ccc3)[C@@H]3C2C2CC[C@@H]3C2)c([2H])c1[2H].[Pt].[Pt].[Pt]. The second-order valence-electron chi connectivity index (χ2n) is 41.4. The number of fused-ring (bicyclic) bond motifs is 24. The van der Waals surface area contributed by atoms with Crippen LogP contribution in [0.2, 0.25) is 0 Å². The van der Waals surface area contributed by atoms with E-state index in [0.29, 0.717) is 70.0 Å². The monoisotopic (exact) mass is 2400 g/mol. The molecule has 9 aliphatic rings. The maximum absolute atomic E-state index is 8.84. The van der Waals surface area contributed by atoms with Crippen LogP contribution in [-0.4, -0.2) is 64.9 Å². The van der Waals surface area contributed by atoms with Crippen molar-refractivity contribution in [3.63, 3.8) is 0 Å². The van der Waals surface area contributed by atoms with Crippen LogP contribution >= 0.6 is 0 Å². The summed E-state index contributed by atoms with van der Waals surface area (Å²) in [6, 6.07) is 84.5. The first-order valence-corrected chi connectivity index (χ1v) is 48.3. The summed E-state index contributed by atoms with van der Waals surface area (Å²) in [5, 5.41) is 6.50. The van der Waals surface area contributed by atoms with Crippen LogP contribution in [0.3, 0.4) is 0 Å². The van der Waals surface area contributed by atoms with Crippen LogP contribution in [0.5, 0.6) is 34.5 Å². The van der Waals surface area contributed by atoms with Crippen molar-refractivity contribution < 1.29 is 98.0 Å². The Bertz CT molecular complexity index is 8590. The molecule has 6 saturated carbocycles. The molecular formula is C123H111N12O3Pt3-9. The van der Waals surface area contributed by atoms with E-state index in [1.165, 1.54) is 11.1 Å². The fraction of sp³-hybridized carbons (Fsp3) is 0.268. The average molecular weight is 2410 g/mol. The number of hydrogen-bond donors (Lipinski definition) is 0. The van der Waals surface area contributed by atoms with Crippen LogP contribution in [0.4, 0.5) is 34.1 Å². The second kappa shape index (κ2) is 37.6. The summed E-state index contributed by atoms with van der Waals surface area (Å²) in [7, 11) is 0. The van der Waals surface area contributed by atoms with Gasteiger partial charge in [-0.2, -0.15) is 62.5 Å². The molecule has 12 aromatic carbocycles. The number of benzene rings is 12. The van der Waals surface area contributed by atoms with Crippen LogP contribution in [-0.2, 0) is 79.4 Å². The minimum Gasteiger partial charge on any atom is -0.519 e. The van der Waals surface area contributed by atoms with Crippen molar-refractivity contribution in [2.45, 2.75) is 173 Å². The van der Waals surface area contributed by atoms with Gasteiger partial charge in [0.05, 0.1) is 20.6 Å². The molecule has 6 aromatic heterocycles. The fourth-order valence-corrected chi connectivity index (χ4v) is 24.1. The normalized spacial score (nSPS) is 23.3. The predicted molar refractivity (Wildman–Crippen MR) is 557 cm³/mol. The van der Waals surface area contributed by atoms with Gasteiger partial charge in [-0.25, -0.2) is 15.0 Å². The maximum Gasteiger partial charge on any atom is 0.135 e. The van der Waals surface area contributed by atoms with Gasteiger partial charge in [0, 0.05) is 186 Å². The molecule has 27 rings (SSSR count). The molecule has 9 heterocycles. The van der Waals surface area contributed by atoms with Gasteiger partial charge in [0.1, 0.15) is 17.5 Å². The third-order valence-corrected chi connectivity index (χ3v) is 30.3. The van der Waals surface area contributed by atoms with Gasteiger partial charge < -0.3 is 57.3 Å². The average Bonchev–Trinajstić information content (AvgIpc) is 1.56. The van der Waals surface area contributed by atoms with E-state index in [9.17, 15) is 0 Å². The Morgan fingerprint density at radius 1 is 0.284 bits per heavy atom. The number of pyridine rings is 3. The van der Waals surface area contributed by atoms with E-state index < -0.39 is 0 Å². The Balaban J connectivity index is 0.000000130. The van der Waals surface area contributed by atoms with Gasteiger partial charge in [0.15, 0.2) is 0 Å². The third-order valence-electron chi connectivity index (χ3n) is 30.3. The first-order valence-electron chi connectivity index (χ1n) is 55.8. The quantitative estimate of drug-likeness (QED) is 0.0914. The number of nitrogens with zero attached hydrogens (tertiary/aromatic N) is 12. The van der Waals surface area contributed by atoms with Crippen molar-refractivity contribution in [1.29, 1.82) is 0 Å². The van der Waals surface area contributed by atoms with Crippen molar-refractivity contribution in [2.24, 2.45) is 35.5 Å². The van der Waals surface area contributed by atoms with Gasteiger partial charge in [-0.15, -0.1) is 118 Å². The Morgan fingerprint density at radius 3 is 0.965 bits per heavy atom. The third kappa shape index (κ3) is 17.0. The molecule has 0 N–H and O–H groups in total.